The molecule has 0 unspecified atom stereocenters. The molecule has 2 rings (SSSR count). The summed E-state index contributed by atoms with van der Waals surface area (Å²) in [7, 11) is 0. The third-order valence-corrected chi connectivity index (χ3v) is 3.31. The van der Waals surface area contributed by atoms with Gasteiger partial charge in [0.05, 0.1) is 0 Å². The molecule has 70 valence electrons. The van der Waals surface area contributed by atoms with Crippen LogP contribution in [-0.2, 0) is 0 Å². The van der Waals surface area contributed by atoms with Crippen LogP contribution in [0, 0.1) is 5.82 Å². The van der Waals surface area contributed by atoms with Gasteiger partial charge in [-0.1, -0.05) is 0 Å². The van der Waals surface area contributed by atoms with Gasteiger partial charge in [-0.3, -0.25) is 0 Å². The van der Waals surface area contributed by atoms with E-state index in [1.54, 1.807) is 12.1 Å². The maximum Gasteiger partial charge on any atom is 0.123 e. The fourth-order valence-electron chi connectivity index (χ4n) is 1.43. The lowest BCUT2D eigenvalue weighted by atomic mass is 10.2. The topological polar surface area (TPSA) is 12.0 Å². The van der Waals surface area contributed by atoms with Gasteiger partial charge in [0.2, 0.25) is 0 Å². The maximum atomic E-state index is 12.6. The van der Waals surface area contributed by atoms with Crippen molar-refractivity contribution in [3.05, 3.63) is 30.1 Å². The number of thioether (sulfide) groups is 1. The van der Waals surface area contributed by atoms with Gasteiger partial charge in [-0.2, -0.15) is 11.8 Å². The molecule has 0 bridgehead atoms. The first-order valence-electron chi connectivity index (χ1n) is 4.44. The summed E-state index contributed by atoms with van der Waals surface area (Å²) in [6, 6.07) is 7.13. The molecular weight excluding hydrogens is 185 g/mol. The van der Waals surface area contributed by atoms with Crippen LogP contribution in [-0.4, -0.2) is 17.5 Å². The Morgan fingerprint density at radius 2 is 2.08 bits per heavy atom. The van der Waals surface area contributed by atoms with Crippen LogP contribution < -0.4 is 5.32 Å². The summed E-state index contributed by atoms with van der Waals surface area (Å²) in [6.07, 6.45) is 1.21. The van der Waals surface area contributed by atoms with Crippen LogP contribution in [0.25, 0.3) is 0 Å². The van der Waals surface area contributed by atoms with Crippen LogP contribution >= 0.6 is 11.8 Å². The SMILES string of the molecule is Fc1ccc(N[C@@H]2CCSC2)cc1. The third kappa shape index (κ3) is 2.37. The minimum atomic E-state index is -0.175. The number of anilines is 1. The van der Waals surface area contributed by atoms with Crippen molar-refractivity contribution < 1.29 is 4.39 Å². The van der Waals surface area contributed by atoms with Crippen molar-refractivity contribution in [2.45, 2.75) is 12.5 Å². The number of nitrogens with one attached hydrogen (secondary N) is 1. The molecule has 0 spiro atoms. The molecule has 1 aliphatic rings. The van der Waals surface area contributed by atoms with Gasteiger partial charge >= 0.3 is 0 Å². The Morgan fingerprint density at radius 3 is 2.69 bits per heavy atom. The summed E-state index contributed by atoms with van der Waals surface area (Å²) in [5.74, 6) is 2.22. The Labute approximate surface area is 81.7 Å². The van der Waals surface area contributed by atoms with E-state index in [9.17, 15) is 4.39 Å². The first-order valence-corrected chi connectivity index (χ1v) is 5.60. The van der Waals surface area contributed by atoms with Crippen molar-refractivity contribution in [2.75, 3.05) is 16.8 Å². The number of benzene rings is 1. The number of hydrogen-bond acceptors (Lipinski definition) is 2. The van der Waals surface area contributed by atoms with Crippen LogP contribution in [0.4, 0.5) is 10.1 Å². The highest BCUT2D eigenvalue weighted by molar-refractivity contribution is 7.99. The summed E-state index contributed by atoms with van der Waals surface area (Å²) >= 11 is 1.97. The Hall–Kier alpha value is -0.700. The highest BCUT2D eigenvalue weighted by Gasteiger charge is 2.14. The summed E-state index contributed by atoms with van der Waals surface area (Å²) in [5.41, 5.74) is 1.02. The van der Waals surface area contributed by atoms with Gasteiger partial charge < -0.3 is 5.32 Å². The summed E-state index contributed by atoms with van der Waals surface area (Å²) < 4.78 is 12.6. The average molecular weight is 197 g/mol. The zero-order chi connectivity index (χ0) is 9.10. The second kappa shape index (κ2) is 4.01. The number of rotatable bonds is 2. The molecule has 1 aromatic rings. The van der Waals surface area contributed by atoms with E-state index in [2.05, 4.69) is 5.32 Å². The van der Waals surface area contributed by atoms with Crippen LogP contribution in [0.15, 0.2) is 24.3 Å². The summed E-state index contributed by atoms with van der Waals surface area (Å²) in [5, 5.41) is 3.38. The molecule has 0 saturated carbocycles. The molecule has 0 amide bonds. The van der Waals surface area contributed by atoms with E-state index in [1.807, 2.05) is 11.8 Å². The molecule has 1 nitrogen and oxygen atoms in total. The summed E-state index contributed by atoms with van der Waals surface area (Å²) in [6.45, 7) is 0. The van der Waals surface area contributed by atoms with E-state index in [-0.39, 0.29) is 5.82 Å². The van der Waals surface area contributed by atoms with Gasteiger partial charge in [-0.05, 0) is 36.4 Å². The van der Waals surface area contributed by atoms with Crippen LogP contribution in [0.3, 0.4) is 0 Å². The minimum Gasteiger partial charge on any atom is -0.381 e. The molecule has 0 radical (unpaired) electrons. The highest BCUT2D eigenvalue weighted by atomic mass is 32.2. The number of hydrogen-bond donors (Lipinski definition) is 1. The predicted molar refractivity (Wildman–Crippen MR) is 55.8 cm³/mol. The average Bonchev–Trinajstić information content (AvgIpc) is 2.62. The quantitative estimate of drug-likeness (QED) is 0.782. The zero-order valence-electron chi connectivity index (χ0n) is 7.29. The standard InChI is InChI=1S/C10H12FNS/c11-8-1-3-9(4-2-8)12-10-5-6-13-7-10/h1-4,10,12H,5-7H2/t10-/m1/s1. The lowest BCUT2D eigenvalue weighted by Gasteiger charge is -2.12. The molecule has 1 aliphatic heterocycles. The van der Waals surface area contributed by atoms with E-state index >= 15 is 0 Å². The van der Waals surface area contributed by atoms with Crippen molar-refractivity contribution in [3.63, 3.8) is 0 Å². The molecule has 1 saturated heterocycles. The van der Waals surface area contributed by atoms with E-state index < -0.39 is 0 Å². The fraction of sp³-hybridized carbons (Fsp3) is 0.400. The second-order valence-electron chi connectivity index (χ2n) is 3.21. The van der Waals surface area contributed by atoms with Crippen LogP contribution in [0.2, 0.25) is 0 Å². The van der Waals surface area contributed by atoms with E-state index in [0.29, 0.717) is 6.04 Å². The van der Waals surface area contributed by atoms with Crippen LogP contribution in [0.1, 0.15) is 6.42 Å². The smallest absolute Gasteiger partial charge is 0.123 e. The predicted octanol–water partition coefficient (Wildman–Crippen LogP) is 2.74. The van der Waals surface area contributed by atoms with Crippen molar-refractivity contribution in [1.82, 2.24) is 0 Å². The van der Waals surface area contributed by atoms with Gasteiger partial charge in [0.15, 0.2) is 0 Å². The molecule has 1 heterocycles. The van der Waals surface area contributed by atoms with Gasteiger partial charge in [0.25, 0.3) is 0 Å². The molecule has 0 aromatic heterocycles. The van der Waals surface area contributed by atoms with Gasteiger partial charge in [-0.25, -0.2) is 4.39 Å². The van der Waals surface area contributed by atoms with Gasteiger partial charge in [0, 0.05) is 17.5 Å². The zero-order valence-corrected chi connectivity index (χ0v) is 8.11. The molecular formula is C10H12FNS. The largest absolute Gasteiger partial charge is 0.381 e. The van der Waals surface area contributed by atoms with Crippen molar-refractivity contribution in [1.29, 1.82) is 0 Å². The molecule has 1 atom stereocenters. The minimum absolute atomic E-state index is 0.175. The first-order chi connectivity index (χ1) is 6.34. The lowest BCUT2D eigenvalue weighted by molar-refractivity contribution is 0.628. The lowest BCUT2D eigenvalue weighted by Crippen LogP contribution is -2.17. The monoisotopic (exact) mass is 197 g/mol. The Morgan fingerprint density at radius 1 is 1.31 bits per heavy atom. The van der Waals surface area contributed by atoms with Crippen molar-refractivity contribution >= 4 is 17.4 Å². The molecule has 1 N–H and O–H groups in total. The van der Waals surface area contributed by atoms with Gasteiger partial charge in [0.1, 0.15) is 5.82 Å². The Kier molecular flexibility index (Phi) is 2.74. The number of halogens is 1. The van der Waals surface area contributed by atoms with Crippen molar-refractivity contribution in [2.24, 2.45) is 0 Å². The normalized spacial score (nSPS) is 21.8. The van der Waals surface area contributed by atoms with E-state index in [4.69, 9.17) is 0 Å². The van der Waals surface area contributed by atoms with Crippen LogP contribution in [0.5, 0.6) is 0 Å². The molecule has 3 heteroatoms. The highest BCUT2D eigenvalue weighted by Crippen LogP contribution is 2.21. The molecule has 13 heavy (non-hydrogen) atoms. The molecule has 0 aliphatic carbocycles. The molecule has 1 aromatic carbocycles. The first kappa shape index (κ1) is 8.88. The fourth-order valence-corrected chi connectivity index (χ4v) is 2.58. The molecule has 1 fully saturated rings. The van der Waals surface area contributed by atoms with E-state index in [0.717, 1.165) is 11.4 Å². The van der Waals surface area contributed by atoms with Crippen molar-refractivity contribution in [3.8, 4) is 0 Å². The Balaban J connectivity index is 1.97. The third-order valence-electron chi connectivity index (χ3n) is 2.14. The maximum absolute atomic E-state index is 12.6. The van der Waals surface area contributed by atoms with E-state index in [1.165, 1.54) is 24.3 Å². The second-order valence-corrected chi connectivity index (χ2v) is 4.36. The summed E-state index contributed by atoms with van der Waals surface area (Å²) in [4.78, 5) is 0. The Bertz CT molecular complexity index is 267. The van der Waals surface area contributed by atoms with Gasteiger partial charge in [-0.15, -0.1) is 0 Å².